The number of rotatable bonds is 2. The van der Waals surface area contributed by atoms with E-state index in [1.165, 1.54) is 0 Å². The van der Waals surface area contributed by atoms with Crippen molar-refractivity contribution in [1.82, 2.24) is 0 Å². The van der Waals surface area contributed by atoms with Gasteiger partial charge in [0.25, 0.3) is 0 Å². The summed E-state index contributed by atoms with van der Waals surface area (Å²) in [4.78, 5) is 0. The van der Waals surface area contributed by atoms with Gasteiger partial charge in [-0.1, -0.05) is 36.4 Å². The Morgan fingerprint density at radius 2 is 1.88 bits per heavy atom. The van der Waals surface area contributed by atoms with Gasteiger partial charge in [-0.15, -0.1) is 0 Å². The molecule has 0 heterocycles. The molecule has 84 valence electrons. The first-order chi connectivity index (χ1) is 7.66. The lowest BCUT2D eigenvalue weighted by Gasteiger charge is -2.33. The molecule has 0 fully saturated rings. The fraction of sp³-hybridized carbons (Fsp3) is 0.231. The van der Waals surface area contributed by atoms with E-state index in [1.807, 2.05) is 48.6 Å². The Bertz CT molecular complexity index is 422. The lowest BCUT2D eigenvalue weighted by Crippen LogP contribution is -2.50. The summed E-state index contributed by atoms with van der Waals surface area (Å²) in [7, 11) is 1.64. The minimum absolute atomic E-state index is 0.203. The molecule has 1 aliphatic carbocycles. The fourth-order valence-electron chi connectivity index (χ4n) is 1.84. The highest BCUT2D eigenvalue weighted by Gasteiger charge is 2.31. The normalized spacial score (nSPS) is 28.1. The third-order valence-corrected chi connectivity index (χ3v) is 2.94. The Balaban J connectivity index is 2.35. The predicted octanol–water partition coefficient (Wildman–Crippen LogP) is 1.30. The topological polar surface area (TPSA) is 61.3 Å². The van der Waals surface area contributed by atoms with Gasteiger partial charge >= 0.3 is 0 Å². The summed E-state index contributed by atoms with van der Waals surface area (Å²) in [6.07, 6.45) is 7.68. The van der Waals surface area contributed by atoms with Crippen LogP contribution in [0.15, 0.2) is 48.6 Å². The van der Waals surface area contributed by atoms with Crippen LogP contribution in [-0.2, 0) is 5.54 Å². The van der Waals surface area contributed by atoms with Gasteiger partial charge in [-0.2, -0.15) is 0 Å². The zero-order valence-electron chi connectivity index (χ0n) is 9.26. The molecule has 2 atom stereocenters. The summed E-state index contributed by atoms with van der Waals surface area (Å²) in [6, 6.07) is 7.47. The van der Waals surface area contributed by atoms with E-state index in [-0.39, 0.29) is 6.04 Å². The largest absolute Gasteiger partial charge is 0.497 e. The minimum atomic E-state index is -0.624. The monoisotopic (exact) mass is 216 g/mol. The SMILES string of the molecule is COc1ccc(C2(N)C=CC=CC2N)cc1. The summed E-state index contributed by atoms with van der Waals surface area (Å²) in [6.45, 7) is 0. The Labute approximate surface area is 95.4 Å². The smallest absolute Gasteiger partial charge is 0.118 e. The van der Waals surface area contributed by atoms with Crippen molar-refractivity contribution in [1.29, 1.82) is 0 Å². The van der Waals surface area contributed by atoms with Crippen LogP contribution < -0.4 is 16.2 Å². The van der Waals surface area contributed by atoms with Gasteiger partial charge in [0.2, 0.25) is 0 Å². The molecule has 4 N–H and O–H groups in total. The maximum Gasteiger partial charge on any atom is 0.118 e. The van der Waals surface area contributed by atoms with Crippen molar-refractivity contribution in [3.8, 4) is 5.75 Å². The maximum absolute atomic E-state index is 6.31. The van der Waals surface area contributed by atoms with Crippen molar-refractivity contribution >= 4 is 0 Å². The molecule has 3 nitrogen and oxygen atoms in total. The molecule has 0 spiro atoms. The summed E-state index contributed by atoms with van der Waals surface area (Å²) < 4.78 is 5.11. The number of methoxy groups -OCH3 is 1. The summed E-state index contributed by atoms with van der Waals surface area (Å²) in [5.74, 6) is 0.816. The van der Waals surface area contributed by atoms with Gasteiger partial charge in [-0.3, -0.25) is 0 Å². The number of allylic oxidation sites excluding steroid dienone is 2. The van der Waals surface area contributed by atoms with Crippen molar-refractivity contribution < 1.29 is 4.74 Å². The number of hydrogen-bond acceptors (Lipinski definition) is 3. The minimum Gasteiger partial charge on any atom is -0.497 e. The average Bonchev–Trinajstić information content (AvgIpc) is 2.33. The lowest BCUT2D eigenvalue weighted by atomic mass is 9.81. The molecule has 2 rings (SSSR count). The van der Waals surface area contributed by atoms with Gasteiger partial charge in [-0.25, -0.2) is 0 Å². The summed E-state index contributed by atoms with van der Waals surface area (Å²) in [5, 5.41) is 0. The van der Waals surface area contributed by atoms with Crippen LogP contribution in [0.5, 0.6) is 5.75 Å². The summed E-state index contributed by atoms with van der Waals surface area (Å²) >= 11 is 0. The second-order valence-electron chi connectivity index (χ2n) is 3.93. The van der Waals surface area contributed by atoms with Crippen molar-refractivity contribution in [3.05, 3.63) is 54.1 Å². The van der Waals surface area contributed by atoms with Gasteiger partial charge in [0, 0.05) is 6.04 Å². The van der Waals surface area contributed by atoms with Crippen LogP contribution in [0.3, 0.4) is 0 Å². The zero-order chi connectivity index (χ0) is 11.6. The molecule has 16 heavy (non-hydrogen) atoms. The van der Waals surface area contributed by atoms with Gasteiger partial charge in [0.15, 0.2) is 0 Å². The van der Waals surface area contributed by atoms with Crippen molar-refractivity contribution in [3.63, 3.8) is 0 Å². The maximum atomic E-state index is 6.31. The third kappa shape index (κ3) is 1.75. The van der Waals surface area contributed by atoms with Crippen LogP contribution in [0.4, 0.5) is 0 Å². The molecule has 0 aromatic heterocycles. The van der Waals surface area contributed by atoms with Crippen molar-refractivity contribution in [2.75, 3.05) is 7.11 Å². The highest BCUT2D eigenvalue weighted by atomic mass is 16.5. The number of nitrogens with two attached hydrogens (primary N) is 2. The highest BCUT2D eigenvalue weighted by molar-refractivity contribution is 5.40. The molecule has 3 heteroatoms. The van der Waals surface area contributed by atoms with E-state index in [0.29, 0.717) is 0 Å². The van der Waals surface area contributed by atoms with Crippen LogP contribution >= 0.6 is 0 Å². The average molecular weight is 216 g/mol. The van der Waals surface area contributed by atoms with E-state index in [2.05, 4.69) is 0 Å². The Kier molecular flexibility index (Phi) is 2.81. The van der Waals surface area contributed by atoms with Gasteiger partial charge in [-0.05, 0) is 17.7 Å². The molecule has 0 saturated heterocycles. The molecule has 1 aromatic carbocycles. The zero-order valence-corrected chi connectivity index (χ0v) is 9.26. The van der Waals surface area contributed by atoms with Gasteiger partial charge in [0.1, 0.15) is 5.75 Å². The molecule has 0 radical (unpaired) electrons. The predicted molar refractivity (Wildman–Crippen MR) is 65.1 cm³/mol. The van der Waals surface area contributed by atoms with E-state index in [1.54, 1.807) is 7.11 Å². The van der Waals surface area contributed by atoms with Crippen LogP contribution in [0, 0.1) is 0 Å². The highest BCUT2D eigenvalue weighted by Crippen LogP contribution is 2.27. The van der Waals surface area contributed by atoms with E-state index < -0.39 is 5.54 Å². The quantitative estimate of drug-likeness (QED) is 0.783. The number of ether oxygens (including phenoxy) is 1. The first-order valence-corrected chi connectivity index (χ1v) is 5.22. The molecule has 0 bridgehead atoms. The Morgan fingerprint density at radius 1 is 1.19 bits per heavy atom. The van der Waals surface area contributed by atoms with Crippen LogP contribution in [0.25, 0.3) is 0 Å². The van der Waals surface area contributed by atoms with Crippen molar-refractivity contribution in [2.45, 2.75) is 11.6 Å². The molecule has 0 amide bonds. The van der Waals surface area contributed by atoms with E-state index in [4.69, 9.17) is 16.2 Å². The first kappa shape index (κ1) is 10.9. The standard InChI is InChI=1S/C13H16N2O/c1-16-11-7-5-10(6-8-11)13(15)9-3-2-4-12(13)14/h2-9,12H,14-15H2,1H3. The van der Waals surface area contributed by atoms with Crippen molar-refractivity contribution in [2.24, 2.45) is 11.5 Å². The van der Waals surface area contributed by atoms with Gasteiger partial charge in [0.05, 0.1) is 12.6 Å². The summed E-state index contributed by atoms with van der Waals surface area (Å²) in [5.41, 5.74) is 12.7. The van der Waals surface area contributed by atoms with Crippen LogP contribution in [-0.4, -0.2) is 13.2 Å². The Morgan fingerprint density at radius 3 is 2.44 bits per heavy atom. The van der Waals surface area contributed by atoms with E-state index in [0.717, 1.165) is 11.3 Å². The molecular weight excluding hydrogens is 200 g/mol. The van der Waals surface area contributed by atoms with Gasteiger partial charge < -0.3 is 16.2 Å². The molecule has 0 aliphatic heterocycles. The molecule has 2 unspecified atom stereocenters. The molecule has 1 aromatic rings. The molecule has 1 aliphatic rings. The Hall–Kier alpha value is -1.58. The third-order valence-electron chi connectivity index (χ3n) is 2.94. The second kappa shape index (κ2) is 4.12. The van der Waals surface area contributed by atoms with E-state index >= 15 is 0 Å². The lowest BCUT2D eigenvalue weighted by molar-refractivity contribution is 0.413. The number of hydrogen-bond donors (Lipinski definition) is 2. The molecule has 0 saturated carbocycles. The molecular formula is C13H16N2O. The van der Waals surface area contributed by atoms with E-state index in [9.17, 15) is 0 Å². The first-order valence-electron chi connectivity index (χ1n) is 5.22. The number of benzene rings is 1. The second-order valence-corrected chi connectivity index (χ2v) is 3.93. The van der Waals surface area contributed by atoms with Crippen LogP contribution in [0.2, 0.25) is 0 Å². The van der Waals surface area contributed by atoms with Crippen LogP contribution in [0.1, 0.15) is 5.56 Å². The fourth-order valence-corrected chi connectivity index (χ4v) is 1.84.